The first kappa shape index (κ1) is 18.4. The second kappa shape index (κ2) is 9.40. The van der Waals surface area contributed by atoms with Crippen molar-refractivity contribution in [2.45, 2.75) is 19.5 Å². The van der Waals surface area contributed by atoms with Gasteiger partial charge >= 0.3 is 6.03 Å². The Hall–Kier alpha value is -1.63. The number of hydrogen-bond acceptors (Lipinski definition) is 4. The molecule has 122 valence electrons. The van der Waals surface area contributed by atoms with E-state index in [1.165, 1.54) is 0 Å². The highest BCUT2D eigenvalue weighted by molar-refractivity contribution is 6.30. The third kappa shape index (κ3) is 7.40. The van der Waals surface area contributed by atoms with Crippen LogP contribution in [0.2, 0.25) is 5.02 Å². The van der Waals surface area contributed by atoms with Crippen LogP contribution in [-0.4, -0.2) is 50.2 Å². The van der Waals surface area contributed by atoms with Gasteiger partial charge in [-0.15, -0.1) is 0 Å². The second-order valence-corrected chi connectivity index (χ2v) is 5.62. The Morgan fingerprint density at radius 1 is 1.41 bits per heavy atom. The van der Waals surface area contributed by atoms with Gasteiger partial charge in [-0.05, 0) is 31.7 Å². The highest BCUT2D eigenvalue weighted by Gasteiger charge is 2.12. The lowest BCUT2D eigenvalue weighted by molar-refractivity contribution is -0.121. The van der Waals surface area contributed by atoms with E-state index in [4.69, 9.17) is 16.3 Å². The molecule has 0 radical (unpaired) electrons. The normalized spacial score (nSPS) is 12.0. The minimum atomic E-state index is -0.522. The summed E-state index contributed by atoms with van der Waals surface area (Å²) in [7, 11) is 3.35. The minimum Gasteiger partial charge on any atom is -0.383 e. The van der Waals surface area contributed by atoms with E-state index in [1.807, 2.05) is 18.2 Å². The van der Waals surface area contributed by atoms with Crippen molar-refractivity contribution in [1.29, 1.82) is 0 Å². The Kier molecular flexibility index (Phi) is 7.87. The van der Waals surface area contributed by atoms with Crippen LogP contribution in [0.3, 0.4) is 0 Å². The first-order valence-electron chi connectivity index (χ1n) is 6.93. The van der Waals surface area contributed by atoms with Crippen LogP contribution in [-0.2, 0) is 16.1 Å². The topological polar surface area (TPSA) is 70.7 Å². The van der Waals surface area contributed by atoms with Gasteiger partial charge < -0.3 is 10.1 Å². The second-order valence-electron chi connectivity index (χ2n) is 5.18. The van der Waals surface area contributed by atoms with Crippen molar-refractivity contribution in [1.82, 2.24) is 15.5 Å². The Balaban J connectivity index is 2.36. The van der Waals surface area contributed by atoms with Crippen molar-refractivity contribution in [2.75, 3.05) is 27.3 Å². The fraction of sp³-hybridized carbons (Fsp3) is 0.467. The summed E-state index contributed by atoms with van der Waals surface area (Å²) in [5.74, 6) is -0.369. The molecule has 3 amide bonds. The number of urea groups is 1. The lowest BCUT2D eigenvalue weighted by Gasteiger charge is -2.17. The van der Waals surface area contributed by atoms with Gasteiger partial charge in [0.05, 0.1) is 19.2 Å². The van der Waals surface area contributed by atoms with Crippen molar-refractivity contribution in [3.05, 3.63) is 34.9 Å². The Morgan fingerprint density at radius 2 is 2.14 bits per heavy atom. The van der Waals surface area contributed by atoms with Crippen molar-refractivity contribution >= 4 is 23.5 Å². The molecule has 7 heteroatoms. The highest BCUT2D eigenvalue weighted by Crippen LogP contribution is 2.11. The van der Waals surface area contributed by atoms with Gasteiger partial charge in [-0.3, -0.25) is 15.0 Å². The summed E-state index contributed by atoms with van der Waals surface area (Å²) in [5.41, 5.74) is 1.00. The number of rotatable bonds is 7. The van der Waals surface area contributed by atoms with E-state index in [2.05, 4.69) is 10.6 Å². The summed E-state index contributed by atoms with van der Waals surface area (Å²) in [5, 5.41) is 5.55. The van der Waals surface area contributed by atoms with Crippen LogP contribution in [0.5, 0.6) is 0 Å². The fourth-order valence-electron chi connectivity index (χ4n) is 1.97. The van der Waals surface area contributed by atoms with Crippen LogP contribution in [0.15, 0.2) is 24.3 Å². The van der Waals surface area contributed by atoms with Crippen molar-refractivity contribution < 1.29 is 14.3 Å². The third-order valence-electron chi connectivity index (χ3n) is 2.80. The van der Waals surface area contributed by atoms with E-state index >= 15 is 0 Å². The molecule has 2 N–H and O–H groups in total. The number of carbonyl (C=O) groups is 2. The average molecular weight is 328 g/mol. The summed E-state index contributed by atoms with van der Waals surface area (Å²) < 4.78 is 4.90. The maximum Gasteiger partial charge on any atom is 0.321 e. The molecular weight excluding hydrogens is 306 g/mol. The summed E-state index contributed by atoms with van der Waals surface area (Å²) in [6.45, 7) is 2.85. The smallest absolute Gasteiger partial charge is 0.321 e. The summed E-state index contributed by atoms with van der Waals surface area (Å²) in [6.07, 6.45) is 0. The van der Waals surface area contributed by atoms with Crippen LogP contribution in [0.25, 0.3) is 0 Å². The van der Waals surface area contributed by atoms with Gasteiger partial charge in [0.1, 0.15) is 0 Å². The number of hydrogen-bond donors (Lipinski definition) is 2. The molecule has 0 saturated heterocycles. The van der Waals surface area contributed by atoms with E-state index in [-0.39, 0.29) is 18.5 Å². The molecule has 22 heavy (non-hydrogen) atoms. The molecule has 0 aliphatic carbocycles. The first-order valence-corrected chi connectivity index (χ1v) is 7.30. The number of likely N-dealkylation sites (N-methyl/N-ethyl adjacent to an activating group) is 1. The molecule has 1 rings (SSSR count). The number of benzene rings is 1. The van der Waals surface area contributed by atoms with Gasteiger partial charge in [0, 0.05) is 18.7 Å². The van der Waals surface area contributed by atoms with Gasteiger partial charge in [0.15, 0.2) is 0 Å². The molecule has 1 aromatic carbocycles. The van der Waals surface area contributed by atoms with Crippen molar-refractivity contribution in [3.63, 3.8) is 0 Å². The first-order chi connectivity index (χ1) is 10.4. The summed E-state index contributed by atoms with van der Waals surface area (Å²) >= 11 is 5.92. The molecule has 6 nitrogen and oxygen atoms in total. The van der Waals surface area contributed by atoms with Crippen molar-refractivity contribution in [3.8, 4) is 0 Å². The zero-order chi connectivity index (χ0) is 16.5. The molecule has 0 fully saturated rings. The van der Waals surface area contributed by atoms with E-state index in [1.54, 1.807) is 32.0 Å². The number of carbonyl (C=O) groups excluding carboxylic acids is 2. The number of ether oxygens (including phenoxy) is 1. The van der Waals surface area contributed by atoms with Gasteiger partial charge in [0.2, 0.25) is 5.91 Å². The molecule has 0 aliphatic rings. The zero-order valence-electron chi connectivity index (χ0n) is 13.1. The lowest BCUT2D eigenvalue weighted by atomic mass is 10.2. The maximum atomic E-state index is 11.8. The zero-order valence-corrected chi connectivity index (χ0v) is 13.8. The van der Waals surface area contributed by atoms with Crippen LogP contribution >= 0.6 is 11.6 Å². The fourth-order valence-corrected chi connectivity index (χ4v) is 2.18. The molecule has 1 atom stereocenters. The minimum absolute atomic E-state index is 0.110. The standard InChI is InChI=1S/C15H22ClN3O3/c1-11(10-22-3)17-15(21)18-14(20)9-19(2)8-12-5-4-6-13(16)7-12/h4-7,11H,8-10H2,1-3H3,(H2,17,18,20,21). The molecule has 0 saturated carbocycles. The average Bonchev–Trinajstić information content (AvgIpc) is 2.37. The predicted octanol–water partition coefficient (Wildman–Crippen LogP) is 1.63. The van der Waals surface area contributed by atoms with Crippen molar-refractivity contribution in [2.24, 2.45) is 0 Å². The van der Waals surface area contributed by atoms with Crippen LogP contribution in [0.1, 0.15) is 12.5 Å². The number of amides is 3. The number of nitrogens with one attached hydrogen (secondary N) is 2. The van der Waals surface area contributed by atoms with E-state index in [9.17, 15) is 9.59 Å². The van der Waals surface area contributed by atoms with E-state index < -0.39 is 6.03 Å². The SMILES string of the molecule is COCC(C)NC(=O)NC(=O)CN(C)Cc1cccc(Cl)c1. The number of halogens is 1. The highest BCUT2D eigenvalue weighted by atomic mass is 35.5. The van der Waals surface area contributed by atoms with Gasteiger partial charge in [-0.25, -0.2) is 4.79 Å². The molecular formula is C15H22ClN3O3. The van der Waals surface area contributed by atoms with Gasteiger partial charge in [-0.2, -0.15) is 0 Å². The number of imide groups is 1. The number of nitrogens with zero attached hydrogens (tertiary/aromatic N) is 1. The Labute approximate surface area is 135 Å². The summed E-state index contributed by atoms with van der Waals surface area (Å²) in [4.78, 5) is 25.2. The molecule has 0 heterocycles. The maximum absolute atomic E-state index is 11.8. The van der Waals surface area contributed by atoms with E-state index in [0.717, 1.165) is 5.56 Å². The Bertz CT molecular complexity index is 511. The van der Waals surface area contributed by atoms with Crippen LogP contribution in [0.4, 0.5) is 4.79 Å². The van der Waals surface area contributed by atoms with Crippen LogP contribution in [0, 0.1) is 0 Å². The third-order valence-corrected chi connectivity index (χ3v) is 3.04. The monoisotopic (exact) mass is 327 g/mol. The molecule has 0 bridgehead atoms. The predicted molar refractivity (Wildman–Crippen MR) is 85.8 cm³/mol. The molecule has 1 aromatic rings. The van der Waals surface area contributed by atoms with Crippen LogP contribution < -0.4 is 10.6 Å². The lowest BCUT2D eigenvalue weighted by Crippen LogP contribution is -2.47. The molecule has 0 aromatic heterocycles. The summed E-state index contributed by atoms with van der Waals surface area (Å²) in [6, 6.07) is 6.74. The molecule has 0 aliphatic heterocycles. The largest absolute Gasteiger partial charge is 0.383 e. The van der Waals surface area contributed by atoms with E-state index in [0.29, 0.717) is 18.2 Å². The molecule has 1 unspecified atom stereocenters. The quantitative estimate of drug-likeness (QED) is 0.798. The van der Waals surface area contributed by atoms with Gasteiger partial charge in [0.25, 0.3) is 0 Å². The van der Waals surface area contributed by atoms with Gasteiger partial charge in [-0.1, -0.05) is 23.7 Å². The molecule has 0 spiro atoms. The number of methoxy groups -OCH3 is 1. The Morgan fingerprint density at radius 3 is 2.77 bits per heavy atom.